The summed E-state index contributed by atoms with van der Waals surface area (Å²) in [5.74, 6) is -0.279. The van der Waals surface area contributed by atoms with Crippen LogP contribution in [0, 0.1) is 24.6 Å². The summed E-state index contributed by atoms with van der Waals surface area (Å²) in [6.45, 7) is 5.89. The Morgan fingerprint density at radius 2 is 2.06 bits per heavy atom. The van der Waals surface area contributed by atoms with E-state index >= 15 is 4.39 Å². The summed E-state index contributed by atoms with van der Waals surface area (Å²) in [6, 6.07) is 0.106. The molecule has 2 amide bonds. The topological polar surface area (TPSA) is 102 Å². The number of halogens is 1. The highest BCUT2D eigenvalue weighted by Crippen LogP contribution is 2.31. The molecule has 10 heteroatoms. The number of likely N-dealkylation sites (N-methyl/N-ethyl adjacent to an activating group) is 1. The van der Waals surface area contributed by atoms with Crippen molar-refractivity contribution in [1.29, 1.82) is 0 Å². The standard InChI is InChI=1S/C22H35FN6O3/c1-15-12-27(3)8-9-29(15)21-20(23)19(25-16(2)26-21)11-24-22(31)18(13-28(32)14-30)10-17-6-4-5-7-17/h14-15,17-18,32H,4-13H2,1-3H3,(H,24,31)/t15-,18+/m0/s1. The van der Waals surface area contributed by atoms with Gasteiger partial charge in [0, 0.05) is 25.7 Å². The Morgan fingerprint density at radius 3 is 2.72 bits per heavy atom. The number of hydrogen-bond acceptors (Lipinski definition) is 7. The summed E-state index contributed by atoms with van der Waals surface area (Å²) >= 11 is 0. The van der Waals surface area contributed by atoms with E-state index in [9.17, 15) is 14.8 Å². The SMILES string of the molecule is Cc1nc(CNC(=O)[C@H](CC2CCCC2)CN(O)C=O)c(F)c(N2CCN(C)C[C@@H]2C)n1. The molecule has 32 heavy (non-hydrogen) atoms. The Labute approximate surface area is 188 Å². The van der Waals surface area contributed by atoms with Gasteiger partial charge in [-0.2, -0.15) is 0 Å². The molecule has 1 aliphatic heterocycles. The maximum atomic E-state index is 15.3. The fourth-order valence-electron chi connectivity index (χ4n) is 4.86. The van der Waals surface area contributed by atoms with Crippen LogP contribution in [0.15, 0.2) is 0 Å². The predicted molar refractivity (Wildman–Crippen MR) is 118 cm³/mol. The number of piperazine rings is 1. The molecule has 2 atom stereocenters. The van der Waals surface area contributed by atoms with Gasteiger partial charge in [0.05, 0.1) is 19.0 Å². The minimum absolute atomic E-state index is 0.0726. The molecule has 0 bridgehead atoms. The molecular weight excluding hydrogens is 415 g/mol. The van der Waals surface area contributed by atoms with E-state index in [0.717, 1.165) is 38.8 Å². The van der Waals surface area contributed by atoms with Gasteiger partial charge in [-0.3, -0.25) is 14.8 Å². The third-order valence-electron chi connectivity index (χ3n) is 6.54. The van der Waals surface area contributed by atoms with Gasteiger partial charge in [0.2, 0.25) is 12.3 Å². The summed E-state index contributed by atoms with van der Waals surface area (Å²) in [7, 11) is 2.04. The molecular formula is C22H35FN6O3. The molecule has 1 aromatic rings. The maximum Gasteiger partial charge on any atom is 0.233 e. The second-order valence-corrected chi connectivity index (χ2v) is 9.19. The lowest BCUT2D eigenvalue weighted by Gasteiger charge is -2.39. The Kier molecular flexibility index (Phi) is 8.36. The van der Waals surface area contributed by atoms with Crippen LogP contribution in [-0.2, 0) is 16.1 Å². The highest BCUT2D eigenvalue weighted by atomic mass is 19.1. The smallest absolute Gasteiger partial charge is 0.233 e. The van der Waals surface area contributed by atoms with E-state index in [1.807, 2.05) is 18.9 Å². The van der Waals surface area contributed by atoms with Crippen molar-refractivity contribution >= 4 is 18.1 Å². The van der Waals surface area contributed by atoms with Crippen LogP contribution in [0.25, 0.3) is 0 Å². The number of carbonyl (C=O) groups is 2. The van der Waals surface area contributed by atoms with Crippen molar-refractivity contribution in [1.82, 2.24) is 25.2 Å². The van der Waals surface area contributed by atoms with E-state index in [4.69, 9.17) is 0 Å². The molecule has 1 aromatic heterocycles. The van der Waals surface area contributed by atoms with Crippen molar-refractivity contribution in [2.24, 2.45) is 11.8 Å². The van der Waals surface area contributed by atoms with Crippen LogP contribution >= 0.6 is 0 Å². The Hall–Kier alpha value is -2.33. The van der Waals surface area contributed by atoms with Gasteiger partial charge in [0.15, 0.2) is 11.6 Å². The van der Waals surface area contributed by atoms with E-state index in [2.05, 4.69) is 20.2 Å². The molecule has 0 unspecified atom stereocenters. The molecule has 3 rings (SSSR count). The van der Waals surface area contributed by atoms with Crippen molar-refractivity contribution < 1.29 is 19.2 Å². The number of hydrogen-bond donors (Lipinski definition) is 2. The largest absolute Gasteiger partial charge is 0.350 e. The van der Waals surface area contributed by atoms with E-state index in [-0.39, 0.29) is 36.6 Å². The number of aryl methyl sites for hydroxylation is 1. The van der Waals surface area contributed by atoms with Crippen molar-refractivity contribution in [3.63, 3.8) is 0 Å². The molecule has 2 N–H and O–H groups in total. The van der Waals surface area contributed by atoms with Gasteiger partial charge in [-0.25, -0.2) is 19.4 Å². The average molecular weight is 451 g/mol. The fourth-order valence-corrected chi connectivity index (χ4v) is 4.86. The second-order valence-electron chi connectivity index (χ2n) is 9.19. The van der Waals surface area contributed by atoms with Crippen LogP contribution in [0.3, 0.4) is 0 Å². The molecule has 0 aromatic carbocycles. The number of hydroxylamine groups is 2. The first-order valence-electron chi connectivity index (χ1n) is 11.4. The van der Waals surface area contributed by atoms with Gasteiger partial charge in [-0.05, 0) is 33.2 Å². The Morgan fingerprint density at radius 1 is 1.34 bits per heavy atom. The van der Waals surface area contributed by atoms with E-state index in [0.29, 0.717) is 36.2 Å². The minimum atomic E-state index is -0.559. The van der Waals surface area contributed by atoms with E-state index in [1.54, 1.807) is 6.92 Å². The molecule has 2 heterocycles. The van der Waals surface area contributed by atoms with Crippen LogP contribution in [-0.4, -0.2) is 76.7 Å². The van der Waals surface area contributed by atoms with Gasteiger partial charge < -0.3 is 15.1 Å². The molecule has 9 nitrogen and oxygen atoms in total. The predicted octanol–water partition coefficient (Wildman–Crippen LogP) is 1.72. The number of nitrogens with zero attached hydrogens (tertiary/aromatic N) is 5. The second kappa shape index (κ2) is 11.0. The zero-order chi connectivity index (χ0) is 23.3. The summed E-state index contributed by atoms with van der Waals surface area (Å²) in [6.07, 6.45) is 5.24. The molecule has 1 saturated heterocycles. The Bertz CT molecular complexity index is 804. The first-order valence-corrected chi connectivity index (χ1v) is 11.4. The first-order chi connectivity index (χ1) is 15.3. The van der Waals surface area contributed by atoms with Crippen molar-refractivity contribution in [3.05, 3.63) is 17.3 Å². The monoisotopic (exact) mass is 450 g/mol. The normalized spacial score (nSPS) is 20.9. The number of anilines is 1. The quantitative estimate of drug-likeness (QED) is 0.336. The highest BCUT2D eigenvalue weighted by Gasteiger charge is 2.29. The lowest BCUT2D eigenvalue weighted by atomic mass is 9.92. The number of carbonyl (C=O) groups excluding carboxylic acids is 2. The van der Waals surface area contributed by atoms with Crippen molar-refractivity contribution in [2.75, 3.05) is 38.1 Å². The van der Waals surface area contributed by atoms with Gasteiger partial charge in [0.25, 0.3) is 0 Å². The molecule has 0 spiro atoms. The highest BCUT2D eigenvalue weighted by molar-refractivity contribution is 5.79. The fraction of sp³-hybridized carbons (Fsp3) is 0.727. The number of rotatable bonds is 9. The van der Waals surface area contributed by atoms with Crippen LogP contribution in [0.4, 0.5) is 10.2 Å². The molecule has 1 saturated carbocycles. The van der Waals surface area contributed by atoms with Crippen LogP contribution in [0.5, 0.6) is 0 Å². The summed E-state index contributed by atoms with van der Waals surface area (Å²) in [5.41, 5.74) is 0.142. The summed E-state index contributed by atoms with van der Waals surface area (Å²) in [5, 5.41) is 12.9. The third-order valence-corrected chi connectivity index (χ3v) is 6.54. The van der Waals surface area contributed by atoms with Crippen molar-refractivity contribution in [2.45, 2.75) is 58.5 Å². The van der Waals surface area contributed by atoms with E-state index in [1.165, 1.54) is 0 Å². The van der Waals surface area contributed by atoms with Crippen LogP contribution in [0.2, 0.25) is 0 Å². The minimum Gasteiger partial charge on any atom is -0.350 e. The number of amides is 2. The summed E-state index contributed by atoms with van der Waals surface area (Å²) in [4.78, 5) is 36.5. The first kappa shape index (κ1) is 24.3. The zero-order valence-corrected chi connectivity index (χ0v) is 19.3. The Balaban J connectivity index is 1.70. The third kappa shape index (κ3) is 6.13. The number of aromatic nitrogens is 2. The van der Waals surface area contributed by atoms with Gasteiger partial charge >= 0.3 is 0 Å². The molecule has 2 aliphatic rings. The molecule has 2 fully saturated rings. The van der Waals surface area contributed by atoms with Crippen LogP contribution in [0.1, 0.15) is 50.5 Å². The van der Waals surface area contributed by atoms with Gasteiger partial charge in [-0.15, -0.1) is 0 Å². The zero-order valence-electron chi connectivity index (χ0n) is 19.3. The molecule has 178 valence electrons. The molecule has 0 radical (unpaired) electrons. The van der Waals surface area contributed by atoms with Gasteiger partial charge in [0.1, 0.15) is 11.5 Å². The maximum absolute atomic E-state index is 15.3. The average Bonchev–Trinajstić information content (AvgIpc) is 3.26. The summed E-state index contributed by atoms with van der Waals surface area (Å²) < 4.78 is 15.3. The lowest BCUT2D eigenvalue weighted by molar-refractivity contribution is -0.155. The van der Waals surface area contributed by atoms with E-state index < -0.39 is 11.7 Å². The van der Waals surface area contributed by atoms with Gasteiger partial charge in [-0.1, -0.05) is 25.7 Å². The van der Waals surface area contributed by atoms with Crippen molar-refractivity contribution in [3.8, 4) is 0 Å². The molecule has 1 aliphatic carbocycles. The number of nitrogens with one attached hydrogen (secondary N) is 1. The van der Waals surface area contributed by atoms with Crippen LogP contribution < -0.4 is 10.2 Å². The lowest BCUT2D eigenvalue weighted by Crippen LogP contribution is -2.51.